The van der Waals surface area contributed by atoms with Gasteiger partial charge in [-0.3, -0.25) is 0 Å². The maximum Gasteiger partial charge on any atom is 0.416 e. The molecule has 1 aromatic carbocycles. The van der Waals surface area contributed by atoms with Crippen LogP contribution in [0.25, 0.3) is 0 Å². The average Bonchev–Trinajstić information content (AvgIpc) is 2.27. The Kier molecular flexibility index (Phi) is 5.66. The van der Waals surface area contributed by atoms with Gasteiger partial charge in [0.15, 0.2) is 0 Å². The summed E-state index contributed by atoms with van der Waals surface area (Å²) in [5.41, 5.74) is 0.0957. The molecule has 1 nitrogen and oxygen atoms in total. The molecule has 0 heterocycles. The van der Waals surface area contributed by atoms with Gasteiger partial charge in [0.2, 0.25) is 0 Å². The molecule has 0 amide bonds. The van der Waals surface area contributed by atoms with Crippen LogP contribution in [0.2, 0.25) is 0 Å². The zero-order chi connectivity index (χ0) is 13.6. The molecular formula is C14H20F3N. The van der Waals surface area contributed by atoms with Crippen LogP contribution in [-0.4, -0.2) is 6.54 Å². The SMILES string of the molecule is CC(C)CCCNCc1cccc(C(F)(F)F)c1. The molecule has 0 radical (unpaired) electrons. The van der Waals surface area contributed by atoms with Crippen molar-refractivity contribution in [2.75, 3.05) is 6.54 Å². The minimum atomic E-state index is -4.26. The second-order valence-corrected chi connectivity index (χ2v) is 4.91. The fraction of sp³-hybridized carbons (Fsp3) is 0.571. The van der Waals surface area contributed by atoms with E-state index >= 15 is 0 Å². The quantitative estimate of drug-likeness (QED) is 0.754. The summed E-state index contributed by atoms with van der Waals surface area (Å²) < 4.78 is 37.4. The van der Waals surface area contributed by atoms with Gasteiger partial charge in [-0.15, -0.1) is 0 Å². The maximum atomic E-state index is 12.5. The van der Waals surface area contributed by atoms with Gasteiger partial charge in [0, 0.05) is 6.54 Å². The normalized spacial score (nSPS) is 12.1. The molecule has 4 heteroatoms. The molecule has 0 saturated carbocycles. The maximum absolute atomic E-state index is 12.5. The Bertz CT molecular complexity index is 358. The molecule has 1 rings (SSSR count). The summed E-state index contributed by atoms with van der Waals surface area (Å²) in [6.07, 6.45) is -2.07. The van der Waals surface area contributed by atoms with Crippen molar-refractivity contribution in [2.24, 2.45) is 5.92 Å². The molecule has 0 aromatic heterocycles. The Morgan fingerprint density at radius 1 is 1.22 bits per heavy atom. The Morgan fingerprint density at radius 3 is 2.56 bits per heavy atom. The van der Waals surface area contributed by atoms with E-state index in [1.165, 1.54) is 12.1 Å². The number of hydrogen-bond acceptors (Lipinski definition) is 1. The van der Waals surface area contributed by atoms with Crippen molar-refractivity contribution in [3.05, 3.63) is 35.4 Å². The van der Waals surface area contributed by atoms with Crippen LogP contribution in [-0.2, 0) is 12.7 Å². The lowest BCUT2D eigenvalue weighted by molar-refractivity contribution is -0.137. The molecule has 0 aliphatic heterocycles. The molecule has 0 aliphatic carbocycles. The fourth-order valence-electron chi connectivity index (χ4n) is 1.73. The zero-order valence-corrected chi connectivity index (χ0v) is 10.8. The van der Waals surface area contributed by atoms with Crippen molar-refractivity contribution in [3.63, 3.8) is 0 Å². The zero-order valence-electron chi connectivity index (χ0n) is 10.8. The van der Waals surface area contributed by atoms with E-state index in [0.29, 0.717) is 18.0 Å². The molecular weight excluding hydrogens is 239 g/mol. The molecule has 0 fully saturated rings. The van der Waals surface area contributed by atoms with Crippen molar-refractivity contribution in [3.8, 4) is 0 Å². The number of halogens is 3. The third kappa shape index (κ3) is 5.54. The predicted molar refractivity (Wildman–Crippen MR) is 67.2 cm³/mol. The van der Waals surface area contributed by atoms with E-state index in [2.05, 4.69) is 19.2 Å². The summed E-state index contributed by atoms with van der Waals surface area (Å²) in [6.45, 7) is 5.65. The molecule has 0 spiro atoms. The predicted octanol–water partition coefficient (Wildman–Crippen LogP) is 4.23. The monoisotopic (exact) mass is 259 g/mol. The van der Waals surface area contributed by atoms with E-state index in [-0.39, 0.29) is 0 Å². The lowest BCUT2D eigenvalue weighted by Crippen LogP contribution is -2.16. The number of alkyl halides is 3. The summed E-state index contributed by atoms with van der Waals surface area (Å²) in [7, 11) is 0. The van der Waals surface area contributed by atoms with E-state index in [4.69, 9.17) is 0 Å². The highest BCUT2D eigenvalue weighted by molar-refractivity contribution is 5.25. The van der Waals surface area contributed by atoms with Gasteiger partial charge in [-0.05, 0) is 36.9 Å². The second kappa shape index (κ2) is 6.78. The van der Waals surface area contributed by atoms with Crippen LogP contribution in [0.4, 0.5) is 13.2 Å². The fourth-order valence-corrected chi connectivity index (χ4v) is 1.73. The van der Waals surface area contributed by atoms with Gasteiger partial charge in [-0.2, -0.15) is 13.2 Å². The Labute approximate surface area is 106 Å². The van der Waals surface area contributed by atoms with E-state index in [0.717, 1.165) is 25.5 Å². The van der Waals surface area contributed by atoms with Gasteiger partial charge < -0.3 is 5.32 Å². The molecule has 0 saturated heterocycles. The van der Waals surface area contributed by atoms with Gasteiger partial charge >= 0.3 is 6.18 Å². The van der Waals surface area contributed by atoms with Crippen LogP contribution in [0, 0.1) is 5.92 Å². The van der Waals surface area contributed by atoms with E-state index in [1.807, 2.05) is 0 Å². The lowest BCUT2D eigenvalue weighted by atomic mass is 10.1. The average molecular weight is 259 g/mol. The first-order valence-electron chi connectivity index (χ1n) is 6.26. The molecule has 0 unspecified atom stereocenters. The van der Waals surface area contributed by atoms with Gasteiger partial charge in [0.1, 0.15) is 0 Å². The largest absolute Gasteiger partial charge is 0.416 e. The summed E-state index contributed by atoms with van der Waals surface area (Å²) in [5, 5.41) is 3.17. The molecule has 1 N–H and O–H groups in total. The highest BCUT2D eigenvalue weighted by atomic mass is 19.4. The molecule has 18 heavy (non-hydrogen) atoms. The van der Waals surface area contributed by atoms with Crippen molar-refractivity contribution < 1.29 is 13.2 Å². The van der Waals surface area contributed by atoms with Crippen molar-refractivity contribution in [1.82, 2.24) is 5.32 Å². The highest BCUT2D eigenvalue weighted by Crippen LogP contribution is 2.29. The summed E-state index contributed by atoms with van der Waals surface area (Å²) in [6, 6.07) is 5.47. The lowest BCUT2D eigenvalue weighted by Gasteiger charge is -2.10. The van der Waals surface area contributed by atoms with E-state index < -0.39 is 11.7 Å². The number of nitrogens with one attached hydrogen (secondary N) is 1. The minimum Gasteiger partial charge on any atom is -0.313 e. The van der Waals surface area contributed by atoms with Crippen molar-refractivity contribution >= 4 is 0 Å². The molecule has 0 aliphatic rings. The van der Waals surface area contributed by atoms with Gasteiger partial charge in [-0.1, -0.05) is 32.0 Å². The van der Waals surface area contributed by atoms with Crippen LogP contribution >= 0.6 is 0 Å². The van der Waals surface area contributed by atoms with Gasteiger partial charge in [0.25, 0.3) is 0 Å². The molecule has 102 valence electrons. The van der Waals surface area contributed by atoms with Gasteiger partial charge in [0.05, 0.1) is 5.56 Å². The number of rotatable bonds is 6. The standard InChI is InChI=1S/C14H20F3N/c1-11(2)5-4-8-18-10-12-6-3-7-13(9-12)14(15,16)17/h3,6-7,9,11,18H,4-5,8,10H2,1-2H3. The third-order valence-corrected chi connectivity index (χ3v) is 2.72. The van der Waals surface area contributed by atoms with Crippen LogP contribution in [0.15, 0.2) is 24.3 Å². The molecule has 1 aromatic rings. The topological polar surface area (TPSA) is 12.0 Å². The van der Waals surface area contributed by atoms with Crippen molar-refractivity contribution in [1.29, 1.82) is 0 Å². The van der Waals surface area contributed by atoms with Crippen LogP contribution in [0.5, 0.6) is 0 Å². The number of benzene rings is 1. The first kappa shape index (κ1) is 15.0. The summed E-state index contributed by atoms with van der Waals surface area (Å²) in [4.78, 5) is 0. The summed E-state index contributed by atoms with van der Waals surface area (Å²) in [5.74, 6) is 0.667. The smallest absolute Gasteiger partial charge is 0.313 e. The second-order valence-electron chi connectivity index (χ2n) is 4.91. The van der Waals surface area contributed by atoms with Crippen LogP contribution in [0.3, 0.4) is 0 Å². The van der Waals surface area contributed by atoms with E-state index in [1.54, 1.807) is 6.07 Å². The Morgan fingerprint density at radius 2 is 1.94 bits per heavy atom. The molecule has 0 atom stereocenters. The first-order chi connectivity index (χ1) is 8.39. The van der Waals surface area contributed by atoms with E-state index in [9.17, 15) is 13.2 Å². The third-order valence-electron chi connectivity index (χ3n) is 2.72. The Balaban J connectivity index is 2.39. The van der Waals surface area contributed by atoms with Gasteiger partial charge in [-0.25, -0.2) is 0 Å². The number of hydrogen-bond donors (Lipinski definition) is 1. The minimum absolute atomic E-state index is 0.488. The van der Waals surface area contributed by atoms with Crippen LogP contribution in [0.1, 0.15) is 37.8 Å². The van der Waals surface area contributed by atoms with Crippen molar-refractivity contribution in [2.45, 2.75) is 39.4 Å². The van der Waals surface area contributed by atoms with Crippen LogP contribution < -0.4 is 5.32 Å². The molecule has 0 bridgehead atoms. The first-order valence-corrected chi connectivity index (χ1v) is 6.26. The highest BCUT2D eigenvalue weighted by Gasteiger charge is 2.30. The Hall–Kier alpha value is -1.03. The summed E-state index contributed by atoms with van der Waals surface area (Å²) >= 11 is 0.